The molecular formula is C16H32N4O. The quantitative estimate of drug-likeness (QED) is 0.755. The Morgan fingerprint density at radius 2 is 2.19 bits per heavy atom. The summed E-state index contributed by atoms with van der Waals surface area (Å²) in [5, 5.41) is 3.41. The molecule has 3 N–H and O–H groups in total. The first-order chi connectivity index (χ1) is 9.99. The number of likely N-dealkylation sites (N-methyl/N-ethyl adjacent to an activating group) is 2. The van der Waals surface area contributed by atoms with E-state index in [0.29, 0.717) is 12.0 Å². The van der Waals surface area contributed by atoms with E-state index < -0.39 is 5.54 Å². The van der Waals surface area contributed by atoms with E-state index in [-0.39, 0.29) is 5.91 Å². The van der Waals surface area contributed by atoms with Gasteiger partial charge in [-0.3, -0.25) is 9.69 Å². The summed E-state index contributed by atoms with van der Waals surface area (Å²) in [7, 11) is 2.19. The number of nitrogens with two attached hydrogens (primary N) is 1. The van der Waals surface area contributed by atoms with Crippen LogP contribution >= 0.6 is 0 Å². The van der Waals surface area contributed by atoms with Gasteiger partial charge in [0.15, 0.2) is 0 Å². The summed E-state index contributed by atoms with van der Waals surface area (Å²) >= 11 is 0. The lowest BCUT2D eigenvalue weighted by Gasteiger charge is -2.40. The summed E-state index contributed by atoms with van der Waals surface area (Å²) < 4.78 is 0. The number of hydrogen-bond donors (Lipinski definition) is 2. The predicted molar refractivity (Wildman–Crippen MR) is 86.1 cm³/mol. The topological polar surface area (TPSA) is 61.6 Å². The van der Waals surface area contributed by atoms with Crippen LogP contribution < -0.4 is 11.1 Å². The highest BCUT2D eigenvalue weighted by Gasteiger charge is 2.46. The van der Waals surface area contributed by atoms with Crippen molar-refractivity contribution in [1.82, 2.24) is 15.1 Å². The number of carbonyl (C=O) groups excluding carboxylic acids is 1. The summed E-state index contributed by atoms with van der Waals surface area (Å²) in [5.74, 6) is 0.236. The van der Waals surface area contributed by atoms with Crippen LogP contribution in [0.3, 0.4) is 0 Å². The van der Waals surface area contributed by atoms with Gasteiger partial charge >= 0.3 is 0 Å². The first-order valence-corrected chi connectivity index (χ1v) is 8.47. The molecule has 0 bridgehead atoms. The monoisotopic (exact) mass is 296 g/mol. The SMILES string of the molecule is CCNC1(C(N)=O)CCCC1CCN1CCN(C)CC1C. The molecule has 2 rings (SSSR count). The molecule has 5 heteroatoms. The Labute approximate surface area is 129 Å². The Morgan fingerprint density at radius 3 is 2.81 bits per heavy atom. The number of piperazine rings is 1. The Morgan fingerprint density at radius 1 is 1.43 bits per heavy atom. The zero-order chi connectivity index (χ0) is 15.5. The molecule has 3 atom stereocenters. The van der Waals surface area contributed by atoms with Gasteiger partial charge in [0.2, 0.25) is 5.91 Å². The van der Waals surface area contributed by atoms with Gasteiger partial charge in [-0.05, 0) is 52.2 Å². The third-order valence-electron chi connectivity index (χ3n) is 5.49. The number of hydrogen-bond acceptors (Lipinski definition) is 4. The largest absolute Gasteiger partial charge is 0.368 e. The zero-order valence-corrected chi connectivity index (χ0v) is 13.9. The molecule has 2 fully saturated rings. The van der Waals surface area contributed by atoms with Crippen molar-refractivity contribution in [3.63, 3.8) is 0 Å². The third kappa shape index (κ3) is 3.58. The van der Waals surface area contributed by atoms with Crippen molar-refractivity contribution in [2.24, 2.45) is 11.7 Å². The highest BCUT2D eigenvalue weighted by molar-refractivity contribution is 5.85. The predicted octanol–water partition coefficient (Wildman–Crippen LogP) is 0.646. The van der Waals surface area contributed by atoms with Crippen LogP contribution in [-0.4, -0.2) is 67.1 Å². The fraction of sp³-hybridized carbons (Fsp3) is 0.938. The van der Waals surface area contributed by atoms with Crippen molar-refractivity contribution >= 4 is 5.91 Å². The summed E-state index contributed by atoms with van der Waals surface area (Å²) in [5.41, 5.74) is 5.29. The second-order valence-corrected chi connectivity index (χ2v) is 6.89. The summed E-state index contributed by atoms with van der Waals surface area (Å²) in [4.78, 5) is 17.0. The number of carbonyl (C=O) groups is 1. The van der Waals surface area contributed by atoms with Crippen molar-refractivity contribution in [2.45, 2.75) is 51.1 Å². The van der Waals surface area contributed by atoms with Crippen LogP contribution in [0, 0.1) is 5.92 Å². The Bertz CT molecular complexity index is 362. The third-order valence-corrected chi connectivity index (χ3v) is 5.49. The van der Waals surface area contributed by atoms with Gasteiger partial charge in [0.25, 0.3) is 0 Å². The van der Waals surface area contributed by atoms with E-state index in [1.54, 1.807) is 0 Å². The average Bonchev–Trinajstić information content (AvgIpc) is 2.82. The van der Waals surface area contributed by atoms with E-state index >= 15 is 0 Å². The number of nitrogens with zero attached hydrogens (tertiary/aromatic N) is 2. The van der Waals surface area contributed by atoms with E-state index in [4.69, 9.17) is 5.73 Å². The van der Waals surface area contributed by atoms with Crippen molar-refractivity contribution in [3.8, 4) is 0 Å². The van der Waals surface area contributed by atoms with E-state index in [9.17, 15) is 4.79 Å². The molecule has 3 unspecified atom stereocenters. The van der Waals surface area contributed by atoms with Crippen molar-refractivity contribution in [3.05, 3.63) is 0 Å². The Kier molecular flexibility index (Phi) is 5.63. The van der Waals surface area contributed by atoms with Crippen molar-refractivity contribution in [2.75, 3.05) is 39.8 Å². The van der Waals surface area contributed by atoms with Crippen LogP contribution in [0.25, 0.3) is 0 Å². The van der Waals surface area contributed by atoms with Crippen LogP contribution in [0.1, 0.15) is 39.5 Å². The van der Waals surface area contributed by atoms with Gasteiger partial charge in [-0.2, -0.15) is 0 Å². The van der Waals surface area contributed by atoms with Gasteiger partial charge in [-0.15, -0.1) is 0 Å². The molecule has 1 saturated heterocycles. The molecule has 0 aromatic rings. The van der Waals surface area contributed by atoms with Crippen LogP contribution in [-0.2, 0) is 4.79 Å². The lowest BCUT2D eigenvalue weighted by molar-refractivity contribution is -0.126. The minimum Gasteiger partial charge on any atom is -0.368 e. The molecule has 1 amide bonds. The first-order valence-electron chi connectivity index (χ1n) is 8.47. The number of primary amides is 1. The van der Waals surface area contributed by atoms with Crippen LogP contribution in [0.2, 0.25) is 0 Å². The lowest BCUT2D eigenvalue weighted by atomic mass is 9.83. The smallest absolute Gasteiger partial charge is 0.238 e. The molecule has 1 heterocycles. The Balaban J connectivity index is 1.93. The number of amides is 1. The van der Waals surface area contributed by atoms with Gasteiger partial charge < -0.3 is 16.0 Å². The van der Waals surface area contributed by atoms with Gasteiger partial charge in [-0.1, -0.05) is 13.3 Å². The number of rotatable bonds is 6. The Hall–Kier alpha value is -0.650. The van der Waals surface area contributed by atoms with Crippen LogP contribution in [0.5, 0.6) is 0 Å². The average molecular weight is 296 g/mol. The fourth-order valence-electron chi connectivity index (χ4n) is 4.26. The summed E-state index contributed by atoms with van der Waals surface area (Å²) in [6.07, 6.45) is 4.21. The number of nitrogens with one attached hydrogen (secondary N) is 1. The maximum Gasteiger partial charge on any atom is 0.238 e. The standard InChI is InChI=1S/C16H32N4O/c1-4-18-16(15(17)21)8-5-6-14(16)7-9-20-11-10-19(3)12-13(20)2/h13-14,18H,4-12H2,1-3H3,(H2,17,21). The maximum absolute atomic E-state index is 12.0. The van der Waals surface area contributed by atoms with E-state index in [1.165, 1.54) is 0 Å². The molecule has 1 aliphatic carbocycles. The lowest BCUT2D eigenvalue weighted by Crippen LogP contribution is -2.58. The zero-order valence-electron chi connectivity index (χ0n) is 13.9. The summed E-state index contributed by atoms with van der Waals surface area (Å²) in [6.45, 7) is 9.67. The minimum atomic E-state index is -0.454. The highest BCUT2D eigenvalue weighted by Crippen LogP contribution is 2.38. The molecule has 0 spiro atoms. The molecule has 0 radical (unpaired) electrons. The van der Waals surface area contributed by atoms with E-state index in [0.717, 1.165) is 58.4 Å². The molecule has 5 nitrogen and oxygen atoms in total. The molecule has 1 saturated carbocycles. The normalized spacial score (nSPS) is 35.2. The molecule has 0 aromatic heterocycles. The van der Waals surface area contributed by atoms with E-state index in [1.807, 2.05) is 0 Å². The first kappa shape index (κ1) is 16.7. The summed E-state index contributed by atoms with van der Waals surface area (Å²) in [6, 6.07) is 0.604. The molecule has 21 heavy (non-hydrogen) atoms. The molecule has 122 valence electrons. The maximum atomic E-state index is 12.0. The van der Waals surface area contributed by atoms with Crippen molar-refractivity contribution < 1.29 is 4.79 Å². The second kappa shape index (κ2) is 7.07. The van der Waals surface area contributed by atoms with Crippen LogP contribution in [0.15, 0.2) is 0 Å². The van der Waals surface area contributed by atoms with Crippen molar-refractivity contribution in [1.29, 1.82) is 0 Å². The second-order valence-electron chi connectivity index (χ2n) is 6.89. The molecule has 2 aliphatic rings. The fourth-order valence-corrected chi connectivity index (χ4v) is 4.26. The van der Waals surface area contributed by atoms with Crippen LogP contribution in [0.4, 0.5) is 0 Å². The minimum absolute atomic E-state index is 0.154. The molecular weight excluding hydrogens is 264 g/mol. The highest BCUT2D eigenvalue weighted by atomic mass is 16.1. The van der Waals surface area contributed by atoms with Gasteiger partial charge in [0, 0.05) is 25.7 Å². The van der Waals surface area contributed by atoms with Gasteiger partial charge in [0.05, 0.1) is 0 Å². The molecule has 0 aromatic carbocycles. The molecule has 1 aliphatic heterocycles. The van der Waals surface area contributed by atoms with Gasteiger partial charge in [0.1, 0.15) is 5.54 Å². The van der Waals surface area contributed by atoms with E-state index in [2.05, 4.69) is 36.0 Å². The van der Waals surface area contributed by atoms with Gasteiger partial charge in [-0.25, -0.2) is 0 Å².